The molecule has 1 saturated heterocycles. The summed E-state index contributed by atoms with van der Waals surface area (Å²) in [5.74, 6) is -0.513. The van der Waals surface area contributed by atoms with Crippen LogP contribution in [0.2, 0.25) is 0 Å². The lowest BCUT2D eigenvalue weighted by atomic mass is 10.1. The Kier molecular flexibility index (Phi) is 7.16. The summed E-state index contributed by atoms with van der Waals surface area (Å²) in [6.45, 7) is 4.51. The van der Waals surface area contributed by atoms with Crippen LogP contribution in [0.4, 0.5) is 0 Å². The number of carbonyl (C=O) groups is 1. The lowest BCUT2D eigenvalue weighted by molar-refractivity contribution is 0.0526. The lowest BCUT2D eigenvalue weighted by Gasteiger charge is -2.25. The normalized spacial score (nSPS) is 16.3. The first kappa shape index (κ1) is 24.1. The second kappa shape index (κ2) is 10.1. The summed E-state index contributed by atoms with van der Waals surface area (Å²) in [7, 11) is -3.97. The van der Waals surface area contributed by atoms with Crippen LogP contribution >= 0.6 is 0 Å². The molecule has 8 nitrogen and oxygen atoms in total. The summed E-state index contributed by atoms with van der Waals surface area (Å²) in [5.41, 5.74) is 2.02. The first-order valence-electron chi connectivity index (χ1n) is 11.3. The van der Waals surface area contributed by atoms with Gasteiger partial charge in [0.2, 0.25) is 10.0 Å². The summed E-state index contributed by atoms with van der Waals surface area (Å²) < 4.78 is 39.2. The van der Waals surface area contributed by atoms with Gasteiger partial charge in [-0.25, -0.2) is 13.2 Å². The molecule has 34 heavy (non-hydrogen) atoms. The van der Waals surface area contributed by atoms with Gasteiger partial charge in [0.05, 0.1) is 23.2 Å². The fraction of sp³-hybridized carbons (Fsp3) is 0.360. The molecule has 0 unspecified atom stereocenters. The van der Waals surface area contributed by atoms with Gasteiger partial charge in [-0.05, 0) is 74.5 Å². The van der Waals surface area contributed by atoms with Crippen molar-refractivity contribution in [3.63, 3.8) is 0 Å². The number of hydrogen-bond donors (Lipinski definition) is 1. The Hall–Kier alpha value is -3.01. The SMILES string of the molecule is CCOC(=O)c1ccc(S(=O)(=O)N(Cc2cc3cc(C)ccc3[nH]c2=O)C[C@@H]2CCCO2)cc1. The number of hydrogen-bond acceptors (Lipinski definition) is 6. The van der Waals surface area contributed by atoms with Gasteiger partial charge in [-0.15, -0.1) is 0 Å². The van der Waals surface area contributed by atoms with Crippen LogP contribution in [0.15, 0.2) is 58.2 Å². The van der Waals surface area contributed by atoms with E-state index in [1.165, 1.54) is 28.6 Å². The van der Waals surface area contributed by atoms with Gasteiger partial charge < -0.3 is 14.5 Å². The second-order valence-corrected chi connectivity index (χ2v) is 10.3. The van der Waals surface area contributed by atoms with Crippen molar-refractivity contribution >= 4 is 26.9 Å². The van der Waals surface area contributed by atoms with Crippen molar-refractivity contribution in [2.75, 3.05) is 19.8 Å². The number of rotatable bonds is 8. The molecule has 1 N–H and O–H groups in total. The molecule has 2 heterocycles. The number of pyridine rings is 1. The average molecular weight is 485 g/mol. The minimum absolute atomic E-state index is 0.0339. The van der Waals surface area contributed by atoms with E-state index in [-0.39, 0.29) is 41.8 Å². The van der Waals surface area contributed by atoms with Gasteiger partial charge in [0.1, 0.15) is 0 Å². The molecule has 1 aliphatic heterocycles. The highest BCUT2D eigenvalue weighted by atomic mass is 32.2. The predicted molar refractivity (Wildman–Crippen MR) is 128 cm³/mol. The predicted octanol–water partition coefficient (Wildman–Crippen LogP) is 3.38. The van der Waals surface area contributed by atoms with E-state index in [4.69, 9.17) is 9.47 Å². The molecule has 3 aromatic rings. The van der Waals surface area contributed by atoms with Crippen molar-refractivity contribution in [2.24, 2.45) is 0 Å². The topological polar surface area (TPSA) is 106 Å². The molecule has 1 fully saturated rings. The second-order valence-electron chi connectivity index (χ2n) is 8.39. The maximum Gasteiger partial charge on any atom is 0.338 e. The van der Waals surface area contributed by atoms with Crippen molar-refractivity contribution in [1.82, 2.24) is 9.29 Å². The number of nitrogens with zero attached hydrogens (tertiary/aromatic N) is 1. The standard InChI is InChI=1S/C25H28N2O6S/c1-3-32-25(29)18-7-9-22(10-8-18)34(30,31)27(16-21-5-4-12-33-21)15-20-14-19-13-17(2)6-11-23(19)26-24(20)28/h6-11,13-14,21H,3-5,12,15-16H2,1-2H3,(H,26,28)/t21-/m0/s1. The monoisotopic (exact) mass is 484 g/mol. The third-order valence-corrected chi connectivity index (χ3v) is 7.68. The lowest BCUT2D eigenvalue weighted by Crippen LogP contribution is -2.38. The minimum atomic E-state index is -3.97. The van der Waals surface area contributed by atoms with Crippen LogP contribution in [0.25, 0.3) is 10.9 Å². The van der Waals surface area contributed by atoms with E-state index in [1.807, 2.05) is 25.1 Å². The highest BCUT2D eigenvalue weighted by Gasteiger charge is 2.30. The summed E-state index contributed by atoms with van der Waals surface area (Å²) in [4.78, 5) is 27.6. The number of sulfonamides is 1. The van der Waals surface area contributed by atoms with Crippen molar-refractivity contribution in [3.8, 4) is 0 Å². The van der Waals surface area contributed by atoms with E-state index in [0.717, 1.165) is 23.8 Å². The zero-order valence-electron chi connectivity index (χ0n) is 19.2. The molecule has 0 radical (unpaired) electrons. The van der Waals surface area contributed by atoms with Gasteiger partial charge >= 0.3 is 5.97 Å². The highest BCUT2D eigenvalue weighted by Crippen LogP contribution is 2.23. The first-order chi connectivity index (χ1) is 16.3. The number of esters is 1. The van der Waals surface area contributed by atoms with Gasteiger partial charge in [-0.1, -0.05) is 11.6 Å². The van der Waals surface area contributed by atoms with Gasteiger partial charge in [-0.2, -0.15) is 4.31 Å². The number of aromatic amines is 1. The van der Waals surface area contributed by atoms with E-state index in [0.29, 0.717) is 17.7 Å². The molecule has 180 valence electrons. The molecule has 0 amide bonds. The van der Waals surface area contributed by atoms with Crippen LogP contribution in [0, 0.1) is 6.92 Å². The average Bonchev–Trinajstić information content (AvgIpc) is 3.33. The fourth-order valence-electron chi connectivity index (χ4n) is 4.07. The number of H-pyrrole nitrogens is 1. The van der Waals surface area contributed by atoms with Crippen molar-refractivity contribution in [3.05, 3.63) is 75.6 Å². The fourth-order valence-corrected chi connectivity index (χ4v) is 5.52. The van der Waals surface area contributed by atoms with Crippen molar-refractivity contribution in [1.29, 1.82) is 0 Å². The summed E-state index contributed by atoms with van der Waals surface area (Å²) in [6, 6.07) is 13.1. The van der Waals surface area contributed by atoms with E-state index in [1.54, 1.807) is 13.0 Å². The molecular formula is C25H28N2O6S. The maximum absolute atomic E-state index is 13.6. The van der Waals surface area contributed by atoms with Crippen LogP contribution in [0.5, 0.6) is 0 Å². The molecule has 1 aromatic heterocycles. The van der Waals surface area contributed by atoms with Gasteiger partial charge in [0.25, 0.3) is 5.56 Å². The Morgan fingerprint density at radius 2 is 1.94 bits per heavy atom. The van der Waals surface area contributed by atoms with Gasteiger partial charge in [0.15, 0.2) is 0 Å². The van der Waals surface area contributed by atoms with Crippen LogP contribution in [-0.4, -0.2) is 49.5 Å². The van der Waals surface area contributed by atoms with Crippen molar-refractivity contribution < 1.29 is 22.7 Å². The molecule has 4 rings (SSSR count). The quantitative estimate of drug-likeness (QED) is 0.492. The highest BCUT2D eigenvalue weighted by molar-refractivity contribution is 7.89. The van der Waals surface area contributed by atoms with Crippen LogP contribution in [0.3, 0.4) is 0 Å². The maximum atomic E-state index is 13.6. The summed E-state index contributed by atoms with van der Waals surface area (Å²) >= 11 is 0. The van der Waals surface area contributed by atoms with Gasteiger partial charge in [0, 0.05) is 30.8 Å². The molecule has 0 spiro atoms. The summed E-state index contributed by atoms with van der Waals surface area (Å²) in [6.07, 6.45) is 1.37. The van der Waals surface area contributed by atoms with E-state index in [2.05, 4.69) is 4.98 Å². The molecular weight excluding hydrogens is 456 g/mol. The number of ether oxygens (including phenoxy) is 2. The zero-order chi connectivity index (χ0) is 24.3. The summed E-state index contributed by atoms with van der Waals surface area (Å²) in [5, 5.41) is 0.836. The van der Waals surface area contributed by atoms with Gasteiger partial charge in [-0.3, -0.25) is 4.79 Å². The number of aryl methyl sites for hydroxylation is 1. The van der Waals surface area contributed by atoms with Crippen molar-refractivity contribution in [2.45, 2.75) is 44.2 Å². The number of carbonyl (C=O) groups excluding carboxylic acids is 1. The number of nitrogens with one attached hydrogen (secondary N) is 1. The Balaban J connectivity index is 1.68. The van der Waals surface area contributed by atoms with Crippen LogP contribution in [-0.2, 0) is 26.0 Å². The Bertz CT molecular complexity index is 1340. The Morgan fingerprint density at radius 1 is 1.18 bits per heavy atom. The van der Waals surface area contributed by atoms with E-state index >= 15 is 0 Å². The molecule has 2 aromatic carbocycles. The number of aromatic nitrogens is 1. The third kappa shape index (κ3) is 5.22. The van der Waals surface area contributed by atoms with Crippen LogP contribution in [0.1, 0.15) is 41.3 Å². The molecule has 9 heteroatoms. The minimum Gasteiger partial charge on any atom is -0.462 e. The van der Waals surface area contributed by atoms with Crippen LogP contribution < -0.4 is 5.56 Å². The number of benzene rings is 2. The Labute approximate surface area is 198 Å². The Morgan fingerprint density at radius 3 is 2.62 bits per heavy atom. The van der Waals surface area contributed by atoms with E-state index in [9.17, 15) is 18.0 Å². The third-order valence-electron chi connectivity index (χ3n) is 5.86. The molecule has 1 atom stereocenters. The first-order valence-corrected chi connectivity index (χ1v) is 12.7. The molecule has 0 bridgehead atoms. The molecule has 0 saturated carbocycles. The number of fused-ring (bicyclic) bond motifs is 1. The van der Waals surface area contributed by atoms with E-state index < -0.39 is 16.0 Å². The molecule has 0 aliphatic carbocycles. The largest absolute Gasteiger partial charge is 0.462 e. The molecule has 1 aliphatic rings. The smallest absolute Gasteiger partial charge is 0.338 e. The zero-order valence-corrected chi connectivity index (χ0v) is 20.1.